The Bertz CT molecular complexity index is 762. The Labute approximate surface area is 165 Å². The molecule has 0 saturated carbocycles. The number of aromatic nitrogens is 1. The Kier molecular flexibility index (Phi) is 6.97. The number of esters is 1. The summed E-state index contributed by atoms with van der Waals surface area (Å²) in [4.78, 5) is 32.5. The quantitative estimate of drug-likeness (QED) is 0.605. The average Bonchev–Trinajstić information content (AvgIpc) is 2.76. The van der Waals surface area contributed by atoms with Crippen molar-refractivity contribution in [2.45, 2.75) is 13.0 Å². The number of amides is 1. The SMILES string of the molecule is CCOC(=O)C(=O)NC[C@H](c1cccnc1)N1CCN(c2ccccc2)CC1. The Morgan fingerprint density at radius 3 is 2.50 bits per heavy atom. The first-order valence-corrected chi connectivity index (χ1v) is 9.58. The zero-order chi connectivity index (χ0) is 19.8. The van der Waals surface area contributed by atoms with Crippen molar-refractivity contribution in [3.8, 4) is 0 Å². The van der Waals surface area contributed by atoms with Gasteiger partial charge in [0.2, 0.25) is 0 Å². The highest BCUT2D eigenvalue weighted by atomic mass is 16.5. The van der Waals surface area contributed by atoms with Crippen molar-refractivity contribution in [2.75, 3.05) is 44.2 Å². The van der Waals surface area contributed by atoms with Gasteiger partial charge in [0.1, 0.15) is 0 Å². The van der Waals surface area contributed by atoms with Gasteiger partial charge in [-0.3, -0.25) is 14.7 Å². The van der Waals surface area contributed by atoms with Crippen LogP contribution in [0.15, 0.2) is 54.9 Å². The number of pyridine rings is 1. The molecule has 1 amide bonds. The summed E-state index contributed by atoms with van der Waals surface area (Å²) in [5.41, 5.74) is 2.23. The van der Waals surface area contributed by atoms with Crippen molar-refractivity contribution in [1.29, 1.82) is 0 Å². The van der Waals surface area contributed by atoms with Crippen LogP contribution in [0.2, 0.25) is 0 Å². The molecule has 7 nitrogen and oxygen atoms in total. The van der Waals surface area contributed by atoms with Gasteiger partial charge in [-0.05, 0) is 30.7 Å². The fraction of sp³-hybridized carbons (Fsp3) is 0.381. The van der Waals surface area contributed by atoms with Crippen LogP contribution in [0.3, 0.4) is 0 Å². The largest absolute Gasteiger partial charge is 0.459 e. The lowest BCUT2D eigenvalue weighted by molar-refractivity contribution is -0.154. The number of benzene rings is 1. The van der Waals surface area contributed by atoms with Crippen molar-refractivity contribution < 1.29 is 14.3 Å². The minimum absolute atomic E-state index is 0.0509. The minimum atomic E-state index is -0.846. The maximum atomic E-state index is 12.0. The lowest BCUT2D eigenvalue weighted by Gasteiger charge is -2.40. The van der Waals surface area contributed by atoms with Gasteiger partial charge >= 0.3 is 11.9 Å². The van der Waals surface area contributed by atoms with Crippen LogP contribution in [0.5, 0.6) is 0 Å². The lowest BCUT2D eigenvalue weighted by atomic mass is 10.1. The second-order valence-corrected chi connectivity index (χ2v) is 6.59. The number of hydrogen-bond acceptors (Lipinski definition) is 6. The van der Waals surface area contributed by atoms with Gasteiger partial charge in [0.05, 0.1) is 12.6 Å². The molecule has 2 aromatic rings. The van der Waals surface area contributed by atoms with E-state index in [1.54, 1.807) is 13.1 Å². The van der Waals surface area contributed by atoms with Crippen molar-refractivity contribution in [1.82, 2.24) is 15.2 Å². The third kappa shape index (κ3) is 5.07. The van der Waals surface area contributed by atoms with Crippen molar-refractivity contribution in [2.24, 2.45) is 0 Å². The molecule has 1 aliphatic heterocycles. The third-order valence-electron chi connectivity index (χ3n) is 4.86. The molecule has 1 saturated heterocycles. The maximum absolute atomic E-state index is 12.0. The molecule has 3 rings (SSSR count). The Hall–Kier alpha value is -2.93. The van der Waals surface area contributed by atoms with Crippen molar-refractivity contribution >= 4 is 17.6 Å². The van der Waals surface area contributed by atoms with E-state index in [9.17, 15) is 9.59 Å². The van der Waals surface area contributed by atoms with Crippen LogP contribution in [-0.2, 0) is 14.3 Å². The van der Waals surface area contributed by atoms with Gasteiger partial charge in [-0.15, -0.1) is 0 Å². The van der Waals surface area contributed by atoms with Crippen LogP contribution >= 0.6 is 0 Å². The number of piperazine rings is 1. The summed E-state index contributed by atoms with van der Waals surface area (Å²) in [5.74, 6) is -1.56. The van der Waals surface area contributed by atoms with E-state index in [4.69, 9.17) is 4.74 Å². The van der Waals surface area contributed by atoms with E-state index < -0.39 is 11.9 Å². The molecule has 1 N–H and O–H groups in total. The Balaban J connectivity index is 1.65. The third-order valence-corrected chi connectivity index (χ3v) is 4.86. The highest BCUT2D eigenvalue weighted by Gasteiger charge is 2.27. The summed E-state index contributed by atoms with van der Waals surface area (Å²) in [6, 6.07) is 14.2. The van der Waals surface area contributed by atoms with Crippen LogP contribution in [-0.4, -0.2) is 61.1 Å². The highest BCUT2D eigenvalue weighted by molar-refractivity contribution is 6.32. The van der Waals surface area contributed by atoms with Crippen LogP contribution in [0.1, 0.15) is 18.5 Å². The maximum Gasteiger partial charge on any atom is 0.396 e. The summed E-state index contributed by atoms with van der Waals surface area (Å²) in [6.07, 6.45) is 3.54. The van der Waals surface area contributed by atoms with Crippen LogP contribution < -0.4 is 10.2 Å². The molecule has 0 unspecified atom stereocenters. The predicted octanol–water partition coefficient (Wildman–Crippen LogP) is 1.62. The number of anilines is 1. The lowest BCUT2D eigenvalue weighted by Crippen LogP contribution is -2.50. The topological polar surface area (TPSA) is 74.8 Å². The number of rotatable bonds is 6. The second-order valence-electron chi connectivity index (χ2n) is 6.59. The van der Waals surface area contributed by atoms with E-state index in [1.165, 1.54) is 5.69 Å². The molecular weight excluding hydrogens is 356 g/mol. The zero-order valence-electron chi connectivity index (χ0n) is 16.1. The number of carbonyl (C=O) groups excluding carboxylic acids is 2. The van der Waals surface area contributed by atoms with Crippen LogP contribution in [0.4, 0.5) is 5.69 Å². The number of nitrogens with zero attached hydrogens (tertiary/aromatic N) is 3. The monoisotopic (exact) mass is 382 g/mol. The number of ether oxygens (including phenoxy) is 1. The summed E-state index contributed by atoms with van der Waals surface area (Å²) < 4.78 is 4.77. The molecule has 1 fully saturated rings. The fourth-order valence-electron chi connectivity index (χ4n) is 3.42. The number of hydrogen-bond donors (Lipinski definition) is 1. The Morgan fingerprint density at radius 2 is 1.86 bits per heavy atom. The Morgan fingerprint density at radius 1 is 1.11 bits per heavy atom. The van der Waals surface area contributed by atoms with E-state index in [-0.39, 0.29) is 12.6 Å². The van der Waals surface area contributed by atoms with Gasteiger partial charge in [-0.2, -0.15) is 0 Å². The van der Waals surface area contributed by atoms with Crippen molar-refractivity contribution in [3.05, 3.63) is 60.4 Å². The van der Waals surface area contributed by atoms with Gasteiger partial charge in [0.15, 0.2) is 0 Å². The fourth-order valence-corrected chi connectivity index (χ4v) is 3.42. The standard InChI is InChI=1S/C21H26N4O3/c1-2-28-21(27)20(26)23-16-19(17-7-6-10-22-15-17)25-13-11-24(12-14-25)18-8-4-3-5-9-18/h3-10,15,19H,2,11-14,16H2,1H3,(H,23,26)/t19-/m1/s1. The van der Waals surface area contributed by atoms with Crippen LogP contribution in [0, 0.1) is 0 Å². The van der Waals surface area contributed by atoms with E-state index in [2.05, 4.69) is 32.2 Å². The first-order chi connectivity index (χ1) is 13.7. The smallest absolute Gasteiger partial charge is 0.396 e. The molecule has 2 heterocycles. The summed E-state index contributed by atoms with van der Waals surface area (Å²) in [6.45, 7) is 5.68. The van der Waals surface area contributed by atoms with E-state index in [0.717, 1.165) is 31.7 Å². The molecule has 0 radical (unpaired) electrons. The number of nitrogens with one attached hydrogen (secondary N) is 1. The van der Waals surface area contributed by atoms with Gasteiger partial charge in [0, 0.05) is 50.8 Å². The zero-order valence-corrected chi connectivity index (χ0v) is 16.1. The molecule has 0 aliphatic carbocycles. The first-order valence-electron chi connectivity index (χ1n) is 9.58. The van der Waals surface area contributed by atoms with Gasteiger partial charge in [-0.25, -0.2) is 4.79 Å². The molecular formula is C21H26N4O3. The summed E-state index contributed by atoms with van der Waals surface area (Å²) >= 11 is 0. The molecule has 0 spiro atoms. The molecule has 1 aromatic carbocycles. The van der Waals surface area contributed by atoms with Gasteiger partial charge in [0.25, 0.3) is 0 Å². The number of carbonyl (C=O) groups is 2. The average molecular weight is 382 g/mol. The van der Waals surface area contributed by atoms with E-state index in [0.29, 0.717) is 6.54 Å². The van der Waals surface area contributed by atoms with Crippen molar-refractivity contribution in [3.63, 3.8) is 0 Å². The normalized spacial score (nSPS) is 15.7. The highest BCUT2D eigenvalue weighted by Crippen LogP contribution is 2.23. The molecule has 1 aromatic heterocycles. The van der Waals surface area contributed by atoms with Gasteiger partial charge in [-0.1, -0.05) is 24.3 Å². The molecule has 7 heteroatoms. The molecule has 1 aliphatic rings. The van der Waals surface area contributed by atoms with Crippen LogP contribution in [0.25, 0.3) is 0 Å². The molecule has 1 atom stereocenters. The summed E-state index contributed by atoms with van der Waals surface area (Å²) in [5, 5.41) is 2.71. The minimum Gasteiger partial charge on any atom is -0.459 e. The first kappa shape index (κ1) is 19.8. The predicted molar refractivity (Wildman–Crippen MR) is 107 cm³/mol. The van der Waals surface area contributed by atoms with E-state index >= 15 is 0 Å². The van der Waals surface area contributed by atoms with Gasteiger partial charge < -0.3 is 15.0 Å². The van der Waals surface area contributed by atoms with E-state index in [1.807, 2.05) is 36.5 Å². The second kappa shape index (κ2) is 9.85. The molecule has 28 heavy (non-hydrogen) atoms. The molecule has 148 valence electrons. The summed E-state index contributed by atoms with van der Waals surface area (Å²) in [7, 11) is 0. The molecule has 0 bridgehead atoms. The number of para-hydroxylation sites is 1.